The molecule has 92 valence electrons. The molecule has 1 aromatic rings. The molecule has 3 N–H and O–H groups in total. The second-order valence-electron chi connectivity index (χ2n) is 3.82. The number of amides is 1. The van der Waals surface area contributed by atoms with Crippen LogP contribution in [-0.4, -0.2) is 16.9 Å². The predicted molar refractivity (Wildman–Crippen MR) is 77.2 cm³/mol. The number of thiocarbonyl (C=S) groups is 1. The topological polar surface area (TPSA) is 55.1 Å². The first kappa shape index (κ1) is 14.1. The highest BCUT2D eigenvalue weighted by Crippen LogP contribution is 2.18. The Hall–Kier alpha value is -0.940. The molecule has 0 aliphatic heterocycles. The van der Waals surface area contributed by atoms with E-state index in [0.29, 0.717) is 17.0 Å². The summed E-state index contributed by atoms with van der Waals surface area (Å²) in [5.74, 6) is -0.166. The number of carbonyl (C=O) groups excluding carboxylic acids is 1. The van der Waals surface area contributed by atoms with Gasteiger partial charge in [-0.1, -0.05) is 30.8 Å². The summed E-state index contributed by atoms with van der Waals surface area (Å²) in [4.78, 5) is 12.3. The van der Waals surface area contributed by atoms with E-state index in [9.17, 15) is 4.79 Å². The minimum atomic E-state index is -0.259. The Morgan fingerprint density at radius 3 is 2.76 bits per heavy atom. The summed E-state index contributed by atoms with van der Waals surface area (Å²) in [5.41, 5.74) is 7.17. The van der Waals surface area contributed by atoms with Gasteiger partial charge in [0.05, 0.1) is 16.6 Å². The molecular formula is C12H15BrN2OS. The first-order valence-corrected chi connectivity index (χ1v) is 6.52. The number of nitrogens with one attached hydrogen (secondary N) is 1. The van der Waals surface area contributed by atoms with Crippen molar-refractivity contribution in [2.45, 2.75) is 26.3 Å². The van der Waals surface area contributed by atoms with Crippen molar-refractivity contribution in [1.82, 2.24) is 5.32 Å². The number of carbonyl (C=O) groups is 1. The third-order valence-corrected chi connectivity index (χ3v) is 3.40. The van der Waals surface area contributed by atoms with Gasteiger partial charge in [0, 0.05) is 4.47 Å². The molecule has 0 saturated carbocycles. The maximum atomic E-state index is 12.0. The molecule has 0 spiro atoms. The summed E-state index contributed by atoms with van der Waals surface area (Å²) in [6.07, 6.45) is 0.685. The predicted octanol–water partition coefficient (Wildman–Crippen LogP) is 2.55. The number of aryl methyl sites for hydroxylation is 1. The van der Waals surface area contributed by atoms with E-state index >= 15 is 0 Å². The lowest BCUT2D eigenvalue weighted by Crippen LogP contribution is -2.43. The number of hydrogen-bond donors (Lipinski definition) is 2. The summed E-state index contributed by atoms with van der Waals surface area (Å²) in [7, 11) is 0. The van der Waals surface area contributed by atoms with Gasteiger partial charge in [-0.05, 0) is 41.4 Å². The van der Waals surface area contributed by atoms with Crippen molar-refractivity contribution in [2.24, 2.45) is 5.73 Å². The maximum absolute atomic E-state index is 12.0. The van der Waals surface area contributed by atoms with Crippen LogP contribution in [0, 0.1) is 6.92 Å². The van der Waals surface area contributed by atoms with Gasteiger partial charge >= 0.3 is 0 Å². The highest BCUT2D eigenvalue weighted by atomic mass is 79.9. The quantitative estimate of drug-likeness (QED) is 0.840. The normalized spacial score (nSPS) is 11.9. The van der Waals surface area contributed by atoms with Gasteiger partial charge in [-0.15, -0.1) is 0 Å². The molecule has 3 nitrogen and oxygen atoms in total. The number of hydrogen-bond acceptors (Lipinski definition) is 2. The summed E-state index contributed by atoms with van der Waals surface area (Å²) in [6, 6.07) is 5.36. The molecule has 0 aliphatic rings. The zero-order chi connectivity index (χ0) is 13.0. The molecule has 0 bridgehead atoms. The summed E-state index contributed by atoms with van der Waals surface area (Å²) in [6.45, 7) is 3.86. The Labute approximate surface area is 115 Å². The standard InChI is InChI=1S/C12H15BrN2OS/c1-3-10(11(14)17)15-12(16)8-6-7(2)4-5-9(8)13/h4-6,10H,3H2,1-2H3,(H2,14,17)(H,15,16). The van der Waals surface area contributed by atoms with Crippen LogP contribution in [-0.2, 0) is 0 Å². The summed E-state index contributed by atoms with van der Waals surface area (Å²) >= 11 is 8.25. The Kier molecular flexibility index (Phi) is 5.08. The largest absolute Gasteiger partial charge is 0.392 e. The van der Waals surface area contributed by atoms with Crippen LogP contribution in [0.5, 0.6) is 0 Å². The second kappa shape index (κ2) is 6.12. The highest BCUT2D eigenvalue weighted by Gasteiger charge is 2.16. The van der Waals surface area contributed by atoms with E-state index in [0.717, 1.165) is 10.0 Å². The van der Waals surface area contributed by atoms with Crippen molar-refractivity contribution >= 4 is 39.0 Å². The van der Waals surface area contributed by atoms with Crippen molar-refractivity contribution in [3.63, 3.8) is 0 Å². The van der Waals surface area contributed by atoms with E-state index in [1.807, 2.05) is 32.0 Å². The van der Waals surface area contributed by atoms with Crippen molar-refractivity contribution in [2.75, 3.05) is 0 Å². The van der Waals surface area contributed by atoms with E-state index in [2.05, 4.69) is 21.2 Å². The zero-order valence-electron chi connectivity index (χ0n) is 9.79. The molecule has 1 unspecified atom stereocenters. The van der Waals surface area contributed by atoms with Gasteiger partial charge in [-0.2, -0.15) is 0 Å². The fourth-order valence-electron chi connectivity index (χ4n) is 1.42. The SMILES string of the molecule is CCC(NC(=O)c1cc(C)ccc1Br)C(N)=S. The van der Waals surface area contributed by atoms with E-state index < -0.39 is 0 Å². The smallest absolute Gasteiger partial charge is 0.252 e. The highest BCUT2D eigenvalue weighted by molar-refractivity contribution is 9.10. The third kappa shape index (κ3) is 3.78. The molecule has 17 heavy (non-hydrogen) atoms. The molecule has 1 amide bonds. The van der Waals surface area contributed by atoms with Crippen LogP contribution in [0.2, 0.25) is 0 Å². The minimum absolute atomic E-state index is 0.166. The van der Waals surface area contributed by atoms with Crippen LogP contribution < -0.4 is 11.1 Å². The van der Waals surface area contributed by atoms with Gasteiger partial charge in [-0.3, -0.25) is 4.79 Å². The Balaban J connectivity index is 2.89. The van der Waals surface area contributed by atoms with Crippen LogP contribution in [0.15, 0.2) is 22.7 Å². The molecule has 5 heteroatoms. The molecule has 0 aromatic heterocycles. The van der Waals surface area contributed by atoms with E-state index in [1.54, 1.807) is 0 Å². The average molecular weight is 315 g/mol. The lowest BCUT2D eigenvalue weighted by atomic mass is 10.1. The van der Waals surface area contributed by atoms with Gasteiger partial charge in [0.25, 0.3) is 5.91 Å². The van der Waals surface area contributed by atoms with Crippen molar-refractivity contribution in [3.8, 4) is 0 Å². The summed E-state index contributed by atoms with van der Waals surface area (Å²) < 4.78 is 0.762. The van der Waals surface area contributed by atoms with Gasteiger partial charge in [0.15, 0.2) is 0 Å². The Bertz CT molecular complexity index is 448. The van der Waals surface area contributed by atoms with Gasteiger partial charge in [0.1, 0.15) is 0 Å². The Morgan fingerprint density at radius 2 is 2.24 bits per heavy atom. The number of rotatable bonds is 4. The van der Waals surface area contributed by atoms with E-state index in [1.165, 1.54) is 0 Å². The molecule has 1 rings (SSSR count). The van der Waals surface area contributed by atoms with Crippen LogP contribution in [0.1, 0.15) is 29.3 Å². The van der Waals surface area contributed by atoms with Gasteiger partial charge in [0.2, 0.25) is 0 Å². The molecule has 0 saturated heterocycles. The zero-order valence-corrected chi connectivity index (χ0v) is 12.2. The number of halogens is 1. The fourth-order valence-corrected chi connectivity index (χ4v) is 2.08. The van der Waals surface area contributed by atoms with Crippen molar-refractivity contribution < 1.29 is 4.79 Å². The Morgan fingerprint density at radius 1 is 1.59 bits per heavy atom. The lowest BCUT2D eigenvalue weighted by molar-refractivity contribution is 0.0945. The van der Waals surface area contributed by atoms with Crippen LogP contribution >= 0.6 is 28.1 Å². The molecular weight excluding hydrogens is 300 g/mol. The molecule has 0 fully saturated rings. The van der Waals surface area contributed by atoms with Crippen molar-refractivity contribution in [1.29, 1.82) is 0 Å². The number of nitrogens with two attached hydrogens (primary N) is 1. The maximum Gasteiger partial charge on any atom is 0.252 e. The fraction of sp³-hybridized carbons (Fsp3) is 0.333. The minimum Gasteiger partial charge on any atom is -0.392 e. The van der Waals surface area contributed by atoms with Crippen LogP contribution in [0.3, 0.4) is 0 Å². The molecule has 0 heterocycles. The van der Waals surface area contributed by atoms with E-state index in [-0.39, 0.29) is 11.9 Å². The van der Waals surface area contributed by atoms with Crippen molar-refractivity contribution in [3.05, 3.63) is 33.8 Å². The average Bonchev–Trinajstić information content (AvgIpc) is 2.28. The van der Waals surface area contributed by atoms with Crippen LogP contribution in [0.4, 0.5) is 0 Å². The first-order chi connectivity index (χ1) is 7.95. The molecule has 0 radical (unpaired) electrons. The monoisotopic (exact) mass is 314 g/mol. The van der Waals surface area contributed by atoms with Crippen LogP contribution in [0.25, 0.3) is 0 Å². The van der Waals surface area contributed by atoms with Gasteiger partial charge < -0.3 is 11.1 Å². The summed E-state index contributed by atoms with van der Waals surface area (Å²) in [5, 5.41) is 2.82. The number of benzene rings is 1. The van der Waals surface area contributed by atoms with Gasteiger partial charge in [-0.25, -0.2) is 0 Å². The molecule has 1 aromatic carbocycles. The first-order valence-electron chi connectivity index (χ1n) is 5.32. The second-order valence-corrected chi connectivity index (χ2v) is 5.15. The lowest BCUT2D eigenvalue weighted by Gasteiger charge is -2.16. The molecule has 1 atom stereocenters. The van der Waals surface area contributed by atoms with E-state index in [4.69, 9.17) is 18.0 Å². The molecule has 0 aliphatic carbocycles. The third-order valence-electron chi connectivity index (χ3n) is 2.42.